The standard InChI is InChI=1S/C22H38N6O/c1-5-9-13-27(14-10-6-2)21-23-17-18-19(24-21)25-22(26-20(18)29)28(15-11-7-3)16-12-8-4/h17H,5-16H2,1-4H3,(H,23,24,25,26,29). The minimum atomic E-state index is -0.164. The van der Waals surface area contributed by atoms with Crippen LogP contribution in [0.1, 0.15) is 79.1 Å². The number of anilines is 2. The van der Waals surface area contributed by atoms with E-state index >= 15 is 0 Å². The average molecular weight is 403 g/mol. The highest BCUT2D eigenvalue weighted by Gasteiger charge is 2.15. The van der Waals surface area contributed by atoms with Crippen molar-refractivity contribution in [2.24, 2.45) is 0 Å². The molecule has 0 unspecified atom stereocenters. The van der Waals surface area contributed by atoms with Crippen molar-refractivity contribution in [1.29, 1.82) is 0 Å². The van der Waals surface area contributed by atoms with Crippen molar-refractivity contribution in [3.05, 3.63) is 16.6 Å². The maximum atomic E-state index is 12.7. The number of nitrogens with one attached hydrogen (secondary N) is 1. The Bertz CT molecular complexity index is 769. The van der Waals surface area contributed by atoms with Gasteiger partial charge in [0.1, 0.15) is 5.39 Å². The molecule has 0 fully saturated rings. The van der Waals surface area contributed by atoms with E-state index in [4.69, 9.17) is 9.97 Å². The Morgan fingerprint density at radius 2 is 1.31 bits per heavy atom. The quantitative estimate of drug-likeness (QED) is 0.500. The smallest absolute Gasteiger partial charge is 0.263 e. The van der Waals surface area contributed by atoms with Gasteiger partial charge in [0.25, 0.3) is 5.56 Å². The third kappa shape index (κ3) is 6.68. The van der Waals surface area contributed by atoms with Crippen LogP contribution in [0, 0.1) is 0 Å². The van der Waals surface area contributed by atoms with Crippen LogP contribution in [0.25, 0.3) is 11.0 Å². The molecule has 0 saturated carbocycles. The molecule has 7 heteroatoms. The molecule has 2 aromatic heterocycles. The van der Waals surface area contributed by atoms with E-state index in [1.54, 1.807) is 6.20 Å². The van der Waals surface area contributed by atoms with Crippen LogP contribution in [0.3, 0.4) is 0 Å². The van der Waals surface area contributed by atoms with E-state index in [1.165, 1.54) is 0 Å². The van der Waals surface area contributed by atoms with Crippen LogP contribution in [0.4, 0.5) is 11.9 Å². The van der Waals surface area contributed by atoms with Crippen LogP contribution in [-0.2, 0) is 0 Å². The zero-order valence-electron chi connectivity index (χ0n) is 18.7. The summed E-state index contributed by atoms with van der Waals surface area (Å²) >= 11 is 0. The number of nitrogens with zero attached hydrogens (tertiary/aromatic N) is 5. The summed E-state index contributed by atoms with van der Waals surface area (Å²) in [7, 11) is 0. The summed E-state index contributed by atoms with van der Waals surface area (Å²) in [6.45, 7) is 12.4. The Hall–Kier alpha value is -2.18. The molecule has 29 heavy (non-hydrogen) atoms. The molecule has 0 aliphatic carbocycles. The van der Waals surface area contributed by atoms with E-state index in [2.05, 4.69) is 47.5 Å². The van der Waals surface area contributed by atoms with Gasteiger partial charge in [-0.3, -0.25) is 9.78 Å². The van der Waals surface area contributed by atoms with Gasteiger partial charge in [-0.25, -0.2) is 4.98 Å². The van der Waals surface area contributed by atoms with Crippen molar-refractivity contribution in [1.82, 2.24) is 19.9 Å². The molecular formula is C22H38N6O. The van der Waals surface area contributed by atoms with Crippen molar-refractivity contribution >= 4 is 22.9 Å². The molecule has 0 amide bonds. The van der Waals surface area contributed by atoms with E-state index in [0.717, 1.165) is 77.5 Å². The monoisotopic (exact) mass is 402 g/mol. The van der Waals surface area contributed by atoms with Crippen LogP contribution in [0.5, 0.6) is 0 Å². The fourth-order valence-corrected chi connectivity index (χ4v) is 3.24. The second-order valence-corrected chi connectivity index (χ2v) is 7.69. The van der Waals surface area contributed by atoms with Crippen molar-refractivity contribution in [3.8, 4) is 0 Å². The predicted molar refractivity (Wildman–Crippen MR) is 122 cm³/mol. The van der Waals surface area contributed by atoms with Gasteiger partial charge < -0.3 is 9.80 Å². The second-order valence-electron chi connectivity index (χ2n) is 7.69. The van der Waals surface area contributed by atoms with Gasteiger partial charge in [0.15, 0.2) is 5.65 Å². The van der Waals surface area contributed by atoms with Gasteiger partial charge in [0.2, 0.25) is 11.9 Å². The normalized spacial score (nSPS) is 11.2. The minimum Gasteiger partial charge on any atom is -0.342 e. The molecule has 0 aromatic carbocycles. The van der Waals surface area contributed by atoms with Crippen LogP contribution in [-0.4, -0.2) is 46.1 Å². The molecule has 0 bridgehead atoms. The molecule has 1 N–H and O–H groups in total. The van der Waals surface area contributed by atoms with Gasteiger partial charge in [-0.15, -0.1) is 0 Å². The Kier molecular flexibility index (Phi) is 9.88. The lowest BCUT2D eigenvalue weighted by Crippen LogP contribution is -2.30. The molecule has 162 valence electrons. The minimum absolute atomic E-state index is 0.164. The number of fused-ring (bicyclic) bond motifs is 1. The summed E-state index contributed by atoms with van der Waals surface area (Å²) in [5, 5.41) is 0.453. The van der Waals surface area contributed by atoms with Gasteiger partial charge in [0, 0.05) is 32.4 Å². The first-order chi connectivity index (χ1) is 14.1. The highest BCUT2D eigenvalue weighted by atomic mass is 16.1. The first-order valence-corrected chi connectivity index (χ1v) is 11.4. The summed E-state index contributed by atoms with van der Waals surface area (Å²) < 4.78 is 0. The lowest BCUT2D eigenvalue weighted by atomic mass is 10.2. The summed E-state index contributed by atoms with van der Waals surface area (Å²) in [6, 6.07) is 0. The largest absolute Gasteiger partial charge is 0.342 e. The molecule has 0 saturated heterocycles. The van der Waals surface area contributed by atoms with Gasteiger partial charge in [-0.1, -0.05) is 53.4 Å². The molecule has 2 rings (SSSR count). The lowest BCUT2D eigenvalue weighted by Gasteiger charge is -2.24. The molecular weight excluding hydrogens is 364 g/mol. The zero-order chi connectivity index (χ0) is 21.1. The second kappa shape index (κ2) is 12.4. The molecule has 7 nitrogen and oxygen atoms in total. The maximum absolute atomic E-state index is 12.7. The van der Waals surface area contributed by atoms with E-state index in [0.29, 0.717) is 22.9 Å². The predicted octanol–water partition coefficient (Wildman–Crippen LogP) is 4.53. The van der Waals surface area contributed by atoms with Crippen LogP contribution >= 0.6 is 0 Å². The van der Waals surface area contributed by atoms with E-state index in [1.807, 2.05) is 0 Å². The first kappa shape index (κ1) is 23.1. The Balaban J connectivity index is 2.38. The molecule has 2 heterocycles. The van der Waals surface area contributed by atoms with Gasteiger partial charge in [-0.2, -0.15) is 9.97 Å². The van der Waals surface area contributed by atoms with Crippen molar-refractivity contribution in [2.45, 2.75) is 79.1 Å². The molecule has 0 aliphatic heterocycles. The summed E-state index contributed by atoms with van der Waals surface area (Å²) in [5.41, 5.74) is 0.327. The SMILES string of the molecule is CCCCN(CCCC)c1ncc2c(=O)[nH]c(N(CCCC)CCCC)nc2n1. The van der Waals surface area contributed by atoms with Gasteiger partial charge in [-0.05, 0) is 25.7 Å². The molecule has 0 radical (unpaired) electrons. The number of hydrogen-bond acceptors (Lipinski definition) is 6. The fourth-order valence-electron chi connectivity index (χ4n) is 3.24. The Morgan fingerprint density at radius 3 is 1.83 bits per heavy atom. The molecule has 0 aliphatic rings. The average Bonchev–Trinajstić information content (AvgIpc) is 2.73. The molecule has 0 spiro atoms. The molecule has 2 aromatic rings. The highest BCUT2D eigenvalue weighted by Crippen LogP contribution is 2.16. The Morgan fingerprint density at radius 1 is 0.793 bits per heavy atom. The highest BCUT2D eigenvalue weighted by molar-refractivity contribution is 5.74. The van der Waals surface area contributed by atoms with Crippen LogP contribution in [0.15, 0.2) is 11.0 Å². The summed E-state index contributed by atoms with van der Waals surface area (Å²) in [5.74, 6) is 1.31. The Labute approximate surface area is 175 Å². The number of H-pyrrole nitrogens is 1. The summed E-state index contributed by atoms with van der Waals surface area (Å²) in [6.07, 6.45) is 10.4. The number of aromatic amines is 1. The van der Waals surface area contributed by atoms with E-state index < -0.39 is 0 Å². The number of unbranched alkanes of at least 4 members (excludes halogenated alkanes) is 4. The lowest BCUT2D eigenvalue weighted by molar-refractivity contribution is 0.660. The first-order valence-electron chi connectivity index (χ1n) is 11.4. The van der Waals surface area contributed by atoms with Crippen molar-refractivity contribution in [2.75, 3.05) is 36.0 Å². The van der Waals surface area contributed by atoms with Crippen molar-refractivity contribution in [3.63, 3.8) is 0 Å². The topological polar surface area (TPSA) is 78.0 Å². The summed E-state index contributed by atoms with van der Waals surface area (Å²) in [4.78, 5) is 33.9. The van der Waals surface area contributed by atoms with Crippen molar-refractivity contribution < 1.29 is 0 Å². The number of rotatable bonds is 14. The third-order valence-electron chi connectivity index (χ3n) is 5.15. The van der Waals surface area contributed by atoms with Gasteiger partial charge >= 0.3 is 0 Å². The third-order valence-corrected chi connectivity index (χ3v) is 5.15. The maximum Gasteiger partial charge on any atom is 0.263 e. The van der Waals surface area contributed by atoms with Gasteiger partial charge in [0.05, 0.1) is 0 Å². The van der Waals surface area contributed by atoms with Crippen LogP contribution < -0.4 is 15.4 Å². The fraction of sp³-hybridized carbons (Fsp3) is 0.727. The van der Waals surface area contributed by atoms with E-state index in [-0.39, 0.29) is 5.56 Å². The number of hydrogen-bond donors (Lipinski definition) is 1. The zero-order valence-corrected chi connectivity index (χ0v) is 18.7. The number of aromatic nitrogens is 4. The van der Waals surface area contributed by atoms with Crippen LogP contribution in [0.2, 0.25) is 0 Å². The molecule has 0 atom stereocenters. The van der Waals surface area contributed by atoms with E-state index in [9.17, 15) is 4.79 Å².